The molecule has 2 aliphatic heterocycles. The van der Waals surface area contributed by atoms with Crippen LogP contribution >= 0.6 is 12.2 Å². The average molecular weight is 344 g/mol. The van der Waals surface area contributed by atoms with Crippen molar-refractivity contribution in [2.24, 2.45) is 0 Å². The number of fused-ring (bicyclic) bond motifs is 1. The summed E-state index contributed by atoms with van der Waals surface area (Å²) in [5, 5.41) is 2.60. The van der Waals surface area contributed by atoms with Crippen LogP contribution in [0.5, 0.6) is 11.5 Å². The summed E-state index contributed by atoms with van der Waals surface area (Å²) >= 11 is 5.02. The fraction of sp³-hybridized carbons (Fsp3) is 0.235. The summed E-state index contributed by atoms with van der Waals surface area (Å²) in [6.07, 6.45) is 3.87. The topological polar surface area (TPSA) is 67.9 Å². The van der Waals surface area contributed by atoms with E-state index in [4.69, 9.17) is 21.7 Å². The second kappa shape index (κ2) is 6.84. The minimum Gasteiger partial charge on any atom is -0.490 e. The second-order valence-electron chi connectivity index (χ2n) is 5.28. The van der Waals surface area contributed by atoms with Crippen LogP contribution in [0.15, 0.2) is 36.4 Å². The van der Waals surface area contributed by atoms with E-state index >= 15 is 0 Å². The van der Waals surface area contributed by atoms with Crippen LogP contribution in [0.3, 0.4) is 0 Å². The molecule has 0 saturated carbocycles. The molecular weight excluding hydrogens is 328 g/mol. The second-order valence-corrected chi connectivity index (χ2v) is 5.67. The van der Waals surface area contributed by atoms with E-state index in [1.165, 1.54) is 11.0 Å². The Kier molecular flexibility index (Phi) is 4.61. The van der Waals surface area contributed by atoms with E-state index in [-0.39, 0.29) is 17.2 Å². The molecule has 0 spiro atoms. The Balaban J connectivity index is 1.93. The van der Waals surface area contributed by atoms with Crippen LogP contribution in [0, 0.1) is 0 Å². The average Bonchev–Trinajstić information content (AvgIpc) is 2.80. The van der Waals surface area contributed by atoms with Crippen molar-refractivity contribution in [3.63, 3.8) is 0 Å². The van der Waals surface area contributed by atoms with Gasteiger partial charge in [0.1, 0.15) is 5.57 Å². The maximum Gasteiger partial charge on any atom is 0.265 e. The fourth-order valence-electron chi connectivity index (χ4n) is 2.43. The van der Waals surface area contributed by atoms with E-state index in [1.54, 1.807) is 24.3 Å². The minimum atomic E-state index is -0.516. The monoisotopic (exact) mass is 344 g/mol. The number of hydrogen-bond acceptors (Lipinski definition) is 5. The van der Waals surface area contributed by atoms with Crippen molar-refractivity contribution in [3.8, 4) is 11.5 Å². The van der Waals surface area contributed by atoms with Gasteiger partial charge in [-0.2, -0.15) is 0 Å². The first-order valence-electron chi connectivity index (χ1n) is 7.49. The SMILES string of the molecule is C=CCN1C(=O)/C(=C/c2ccc3c(c2)OCCCO3)C(=O)NC1=S. The van der Waals surface area contributed by atoms with Gasteiger partial charge in [-0.1, -0.05) is 12.1 Å². The van der Waals surface area contributed by atoms with E-state index in [1.807, 2.05) is 0 Å². The molecule has 2 heterocycles. The van der Waals surface area contributed by atoms with Crippen molar-refractivity contribution in [2.75, 3.05) is 19.8 Å². The molecule has 3 rings (SSSR count). The molecule has 1 saturated heterocycles. The molecule has 2 aliphatic rings. The van der Waals surface area contributed by atoms with Crippen LogP contribution in [-0.2, 0) is 9.59 Å². The Morgan fingerprint density at radius 1 is 1.25 bits per heavy atom. The summed E-state index contributed by atoms with van der Waals surface area (Å²) in [4.78, 5) is 25.9. The standard InChI is InChI=1S/C17H16N2O4S/c1-2-6-19-16(21)12(15(20)18-17(19)24)9-11-4-5-13-14(10-11)23-8-3-7-22-13/h2,4-5,9-10H,1,3,6-8H2,(H,18,20,24)/b12-9+. The highest BCUT2D eigenvalue weighted by Crippen LogP contribution is 2.31. The van der Waals surface area contributed by atoms with Crippen molar-refractivity contribution >= 4 is 35.2 Å². The molecule has 7 heteroatoms. The van der Waals surface area contributed by atoms with Crippen molar-refractivity contribution < 1.29 is 19.1 Å². The van der Waals surface area contributed by atoms with Crippen LogP contribution in [0.1, 0.15) is 12.0 Å². The molecule has 1 N–H and O–H groups in total. The lowest BCUT2D eigenvalue weighted by Crippen LogP contribution is -2.53. The summed E-state index contributed by atoms with van der Waals surface area (Å²) in [6.45, 7) is 4.99. The Morgan fingerprint density at radius 3 is 2.75 bits per heavy atom. The van der Waals surface area contributed by atoms with Gasteiger partial charge in [0.2, 0.25) is 0 Å². The normalized spacial score (nSPS) is 19.1. The number of nitrogens with one attached hydrogen (secondary N) is 1. The maximum absolute atomic E-state index is 12.5. The van der Waals surface area contributed by atoms with E-state index < -0.39 is 11.8 Å². The largest absolute Gasteiger partial charge is 0.490 e. The quantitative estimate of drug-likeness (QED) is 0.391. The fourth-order valence-corrected chi connectivity index (χ4v) is 2.68. The number of rotatable bonds is 3. The molecule has 1 aromatic carbocycles. The predicted molar refractivity (Wildman–Crippen MR) is 92.7 cm³/mol. The number of carbonyl (C=O) groups is 2. The summed E-state index contributed by atoms with van der Waals surface area (Å²) in [7, 11) is 0. The highest BCUT2D eigenvalue weighted by atomic mass is 32.1. The summed E-state index contributed by atoms with van der Waals surface area (Å²) < 4.78 is 11.2. The number of carbonyl (C=O) groups excluding carboxylic acids is 2. The molecule has 124 valence electrons. The highest BCUT2D eigenvalue weighted by Gasteiger charge is 2.32. The molecule has 6 nitrogen and oxygen atoms in total. The molecule has 24 heavy (non-hydrogen) atoms. The first-order valence-corrected chi connectivity index (χ1v) is 7.90. The van der Waals surface area contributed by atoms with Gasteiger partial charge in [0.15, 0.2) is 16.6 Å². The van der Waals surface area contributed by atoms with E-state index in [0.717, 1.165) is 6.42 Å². The molecule has 0 atom stereocenters. The molecule has 0 aliphatic carbocycles. The number of ether oxygens (including phenoxy) is 2. The zero-order valence-corrected chi connectivity index (χ0v) is 13.7. The van der Waals surface area contributed by atoms with Gasteiger partial charge in [-0.15, -0.1) is 6.58 Å². The zero-order valence-electron chi connectivity index (χ0n) is 12.9. The molecule has 0 unspecified atom stereocenters. The van der Waals surface area contributed by atoms with E-state index in [2.05, 4.69) is 11.9 Å². The summed E-state index contributed by atoms with van der Waals surface area (Å²) in [6, 6.07) is 5.29. The van der Waals surface area contributed by atoms with Crippen LogP contribution in [0.25, 0.3) is 6.08 Å². The summed E-state index contributed by atoms with van der Waals surface area (Å²) in [5.41, 5.74) is 0.684. The number of amides is 2. The van der Waals surface area contributed by atoms with Gasteiger partial charge in [0.05, 0.1) is 13.2 Å². The molecule has 1 fully saturated rings. The van der Waals surface area contributed by atoms with Crippen molar-refractivity contribution in [3.05, 3.63) is 42.0 Å². The third kappa shape index (κ3) is 3.16. The van der Waals surface area contributed by atoms with Crippen LogP contribution in [-0.4, -0.2) is 41.6 Å². The maximum atomic E-state index is 12.5. The Morgan fingerprint density at radius 2 is 2.00 bits per heavy atom. The van der Waals surface area contributed by atoms with Crippen LogP contribution < -0.4 is 14.8 Å². The molecular formula is C17H16N2O4S. The van der Waals surface area contributed by atoms with Gasteiger partial charge in [-0.25, -0.2) is 0 Å². The van der Waals surface area contributed by atoms with Crippen molar-refractivity contribution in [2.45, 2.75) is 6.42 Å². The molecule has 0 bridgehead atoms. The Hall–Kier alpha value is -2.67. The number of nitrogens with zero attached hydrogens (tertiary/aromatic N) is 1. The van der Waals surface area contributed by atoms with Gasteiger partial charge >= 0.3 is 0 Å². The Bertz CT molecular complexity index is 757. The van der Waals surface area contributed by atoms with Crippen LogP contribution in [0.2, 0.25) is 0 Å². The van der Waals surface area contributed by atoms with Gasteiger partial charge in [-0.05, 0) is 36.0 Å². The smallest absolute Gasteiger partial charge is 0.265 e. The van der Waals surface area contributed by atoms with Crippen molar-refractivity contribution in [1.29, 1.82) is 0 Å². The highest BCUT2D eigenvalue weighted by molar-refractivity contribution is 7.80. The first kappa shape index (κ1) is 16.2. The minimum absolute atomic E-state index is 0.0138. The zero-order chi connectivity index (χ0) is 17.1. The number of hydrogen-bond donors (Lipinski definition) is 1. The lowest BCUT2D eigenvalue weighted by Gasteiger charge is -2.27. The molecule has 0 radical (unpaired) electrons. The van der Waals surface area contributed by atoms with Crippen molar-refractivity contribution in [1.82, 2.24) is 10.2 Å². The van der Waals surface area contributed by atoms with Gasteiger partial charge in [0.25, 0.3) is 11.8 Å². The third-order valence-electron chi connectivity index (χ3n) is 3.58. The number of thiocarbonyl (C=S) groups is 1. The van der Waals surface area contributed by atoms with Gasteiger partial charge in [0, 0.05) is 13.0 Å². The molecule has 1 aromatic rings. The lowest BCUT2D eigenvalue weighted by atomic mass is 10.1. The molecule has 2 amide bonds. The van der Waals surface area contributed by atoms with E-state index in [9.17, 15) is 9.59 Å². The predicted octanol–water partition coefficient (Wildman–Crippen LogP) is 1.66. The number of benzene rings is 1. The summed E-state index contributed by atoms with van der Waals surface area (Å²) in [5.74, 6) is 0.292. The van der Waals surface area contributed by atoms with E-state index in [0.29, 0.717) is 30.3 Å². The van der Waals surface area contributed by atoms with Crippen LogP contribution in [0.4, 0.5) is 0 Å². The van der Waals surface area contributed by atoms with Gasteiger partial charge < -0.3 is 9.47 Å². The van der Waals surface area contributed by atoms with Gasteiger partial charge in [-0.3, -0.25) is 19.8 Å². The lowest BCUT2D eigenvalue weighted by molar-refractivity contribution is -0.128. The molecule has 0 aromatic heterocycles. The third-order valence-corrected chi connectivity index (χ3v) is 3.90. The first-order chi connectivity index (χ1) is 11.6. The Labute approximate surface area is 144 Å².